The van der Waals surface area contributed by atoms with E-state index in [4.69, 9.17) is 0 Å². The van der Waals surface area contributed by atoms with Gasteiger partial charge in [0.05, 0.1) is 0 Å². The van der Waals surface area contributed by atoms with Crippen LogP contribution in [0.5, 0.6) is 0 Å². The second-order valence-electron chi connectivity index (χ2n) is 4.89. The zero-order valence-corrected chi connectivity index (χ0v) is 12.2. The highest BCUT2D eigenvalue weighted by atomic mass is 32.1. The summed E-state index contributed by atoms with van der Waals surface area (Å²) in [4.78, 5) is 1.51. The Morgan fingerprint density at radius 2 is 2.00 bits per heavy atom. The maximum Gasteiger partial charge on any atom is 0.0345 e. The van der Waals surface area contributed by atoms with Gasteiger partial charge in [0.15, 0.2) is 0 Å². The molecule has 1 aromatic carbocycles. The molecule has 2 rings (SSSR count). The summed E-state index contributed by atoms with van der Waals surface area (Å²) in [6, 6.07) is 11.7. The number of hydrogen-bond donors (Lipinski definition) is 1. The van der Waals surface area contributed by atoms with Crippen LogP contribution in [-0.2, 0) is 6.42 Å². The maximum atomic E-state index is 3.67. The van der Waals surface area contributed by atoms with E-state index in [1.54, 1.807) is 0 Å². The molecule has 0 fully saturated rings. The highest BCUT2D eigenvalue weighted by Crippen LogP contribution is 2.26. The van der Waals surface area contributed by atoms with Crippen LogP contribution < -0.4 is 5.32 Å². The Kier molecular flexibility index (Phi) is 5.21. The van der Waals surface area contributed by atoms with Gasteiger partial charge in [-0.1, -0.05) is 38.5 Å². The molecule has 0 spiro atoms. The van der Waals surface area contributed by atoms with E-state index in [-0.39, 0.29) is 0 Å². The molecule has 1 nitrogen and oxygen atoms in total. The van der Waals surface area contributed by atoms with Gasteiger partial charge in [-0.3, -0.25) is 0 Å². The summed E-state index contributed by atoms with van der Waals surface area (Å²) in [7, 11) is 0. The smallest absolute Gasteiger partial charge is 0.0345 e. The van der Waals surface area contributed by atoms with Crippen molar-refractivity contribution in [2.75, 3.05) is 6.54 Å². The lowest BCUT2D eigenvalue weighted by atomic mass is 10.1. The van der Waals surface area contributed by atoms with E-state index < -0.39 is 0 Å². The second kappa shape index (κ2) is 6.91. The second-order valence-corrected chi connectivity index (χ2v) is 6.06. The molecule has 1 N–H and O–H groups in total. The molecule has 2 heteroatoms. The highest BCUT2D eigenvalue weighted by molar-refractivity contribution is 7.19. The van der Waals surface area contributed by atoms with Crippen molar-refractivity contribution in [3.8, 4) is 0 Å². The van der Waals surface area contributed by atoms with E-state index in [0.29, 0.717) is 6.04 Å². The summed E-state index contributed by atoms with van der Waals surface area (Å²) in [6.45, 7) is 5.64. The van der Waals surface area contributed by atoms with Gasteiger partial charge in [0.25, 0.3) is 0 Å². The van der Waals surface area contributed by atoms with Gasteiger partial charge in [0.2, 0.25) is 0 Å². The molecular weight excluding hydrogens is 238 g/mol. The SMILES string of the molecule is CCCN[C@H](CCC)Cc1cc2ccccc2s1. The predicted octanol–water partition coefficient (Wildman–Crippen LogP) is 4.61. The largest absolute Gasteiger partial charge is 0.314 e. The summed E-state index contributed by atoms with van der Waals surface area (Å²) in [5, 5.41) is 5.06. The van der Waals surface area contributed by atoms with Gasteiger partial charge >= 0.3 is 0 Å². The van der Waals surface area contributed by atoms with Crippen LogP contribution in [0.25, 0.3) is 10.1 Å². The first-order valence-corrected chi connectivity index (χ1v) is 7.86. The van der Waals surface area contributed by atoms with Crippen molar-refractivity contribution in [1.82, 2.24) is 5.32 Å². The topological polar surface area (TPSA) is 12.0 Å². The first-order valence-electron chi connectivity index (χ1n) is 7.04. The first-order chi connectivity index (χ1) is 8.83. The third kappa shape index (κ3) is 3.56. The van der Waals surface area contributed by atoms with E-state index in [9.17, 15) is 0 Å². The average Bonchev–Trinajstić information content (AvgIpc) is 2.78. The van der Waals surface area contributed by atoms with E-state index in [0.717, 1.165) is 6.54 Å². The van der Waals surface area contributed by atoms with Crippen LogP contribution in [0.3, 0.4) is 0 Å². The Bertz CT molecular complexity index is 442. The summed E-state index contributed by atoms with van der Waals surface area (Å²) in [5.74, 6) is 0. The lowest BCUT2D eigenvalue weighted by Crippen LogP contribution is -2.31. The summed E-state index contributed by atoms with van der Waals surface area (Å²) < 4.78 is 1.42. The van der Waals surface area contributed by atoms with Crippen molar-refractivity contribution in [3.05, 3.63) is 35.2 Å². The van der Waals surface area contributed by atoms with Crippen molar-refractivity contribution in [2.24, 2.45) is 0 Å². The number of rotatable bonds is 7. The summed E-state index contributed by atoms with van der Waals surface area (Å²) >= 11 is 1.94. The van der Waals surface area contributed by atoms with Crippen LogP contribution in [0.2, 0.25) is 0 Å². The Hall–Kier alpha value is -0.860. The van der Waals surface area contributed by atoms with Crippen LogP contribution in [0, 0.1) is 0 Å². The molecule has 0 aliphatic heterocycles. The fraction of sp³-hybridized carbons (Fsp3) is 0.500. The number of thiophene rings is 1. The van der Waals surface area contributed by atoms with Crippen molar-refractivity contribution >= 4 is 21.4 Å². The quantitative estimate of drug-likeness (QED) is 0.767. The lowest BCUT2D eigenvalue weighted by molar-refractivity contribution is 0.475. The predicted molar refractivity (Wildman–Crippen MR) is 82.5 cm³/mol. The van der Waals surface area contributed by atoms with Crippen LogP contribution >= 0.6 is 11.3 Å². The van der Waals surface area contributed by atoms with Crippen LogP contribution in [0.4, 0.5) is 0 Å². The van der Waals surface area contributed by atoms with E-state index in [1.165, 1.54) is 40.6 Å². The number of hydrogen-bond acceptors (Lipinski definition) is 2. The minimum absolute atomic E-state index is 0.642. The van der Waals surface area contributed by atoms with Crippen LogP contribution in [-0.4, -0.2) is 12.6 Å². The minimum Gasteiger partial charge on any atom is -0.314 e. The Labute approximate surface area is 114 Å². The maximum absolute atomic E-state index is 3.67. The third-order valence-electron chi connectivity index (χ3n) is 3.24. The molecule has 0 saturated carbocycles. The number of nitrogens with one attached hydrogen (secondary N) is 1. The standard InChI is InChI=1S/C16H23NS/c1-3-7-14(17-10-4-2)12-15-11-13-8-5-6-9-16(13)18-15/h5-6,8-9,11,14,17H,3-4,7,10,12H2,1-2H3/t14-/m1/s1. The van der Waals surface area contributed by atoms with Crippen LogP contribution in [0.1, 0.15) is 38.0 Å². The molecule has 0 unspecified atom stereocenters. The van der Waals surface area contributed by atoms with Crippen molar-refractivity contribution < 1.29 is 0 Å². The Morgan fingerprint density at radius 1 is 1.17 bits per heavy atom. The van der Waals surface area contributed by atoms with Gasteiger partial charge in [0.1, 0.15) is 0 Å². The molecule has 98 valence electrons. The number of fused-ring (bicyclic) bond motifs is 1. The van der Waals surface area contributed by atoms with E-state index >= 15 is 0 Å². The Morgan fingerprint density at radius 3 is 2.72 bits per heavy atom. The van der Waals surface area contributed by atoms with Gasteiger partial charge in [-0.25, -0.2) is 0 Å². The third-order valence-corrected chi connectivity index (χ3v) is 4.38. The summed E-state index contributed by atoms with van der Waals surface area (Å²) in [5.41, 5.74) is 0. The molecular formula is C16H23NS. The Balaban J connectivity index is 2.05. The molecule has 2 aromatic rings. The lowest BCUT2D eigenvalue weighted by Gasteiger charge is -2.16. The van der Waals surface area contributed by atoms with E-state index in [2.05, 4.69) is 49.5 Å². The van der Waals surface area contributed by atoms with Gasteiger partial charge < -0.3 is 5.32 Å². The molecule has 0 aliphatic rings. The first kappa shape index (κ1) is 13.6. The zero-order valence-electron chi connectivity index (χ0n) is 11.4. The van der Waals surface area contributed by atoms with Crippen LogP contribution in [0.15, 0.2) is 30.3 Å². The van der Waals surface area contributed by atoms with Gasteiger partial charge in [0, 0.05) is 15.6 Å². The highest BCUT2D eigenvalue weighted by Gasteiger charge is 2.10. The molecule has 0 aliphatic carbocycles. The molecule has 1 heterocycles. The molecule has 1 atom stereocenters. The molecule has 18 heavy (non-hydrogen) atoms. The van der Waals surface area contributed by atoms with E-state index in [1.807, 2.05) is 11.3 Å². The molecule has 0 bridgehead atoms. The normalized spacial score (nSPS) is 13.0. The van der Waals surface area contributed by atoms with Crippen molar-refractivity contribution in [1.29, 1.82) is 0 Å². The van der Waals surface area contributed by atoms with Crippen molar-refractivity contribution in [3.63, 3.8) is 0 Å². The fourth-order valence-electron chi connectivity index (χ4n) is 2.35. The van der Waals surface area contributed by atoms with Gasteiger partial charge in [-0.05, 0) is 43.3 Å². The van der Waals surface area contributed by atoms with Gasteiger partial charge in [-0.2, -0.15) is 0 Å². The summed E-state index contributed by atoms with van der Waals surface area (Å²) in [6.07, 6.45) is 4.92. The molecule has 1 aromatic heterocycles. The number of benzene rings is 1. The fourth-order valence-corrected chi connectivity index (χ4v) is 3.50. The zero-order chi connectivity index (χ0) is 12.8. The minimum atomic E-state index is 0.642. The molecule has 0 amide bonds. The van der Waals surface area contributed by atoms with Crippen molar-refractivity contribution in [2.45, 2.75) is 45.6 Å². The molecule has 0 saturated heterocycles. The monoisotopic (exact) mass is 261 g/mol. The average molecular weight is 261 g/mol. The van der Waals surface area contributed by atoms with Gasteiger partial charge in [-0.15, -0.1) is 11.3 Å². The molecule has 0 radical (unpaired) electrons.